The maximum Gasteiger partial charge on any atom is 0.238 e. The minimum atomic E-state index is -0.0162. The molecule has 1 aromatic heterocycles. The summed E-state index contributed by atoms with van der Waals surface area (Å²) in [5, 5.41) is 7.67. The molecule has 0 saturated carbocycles. The summed E-state index contributed by atoms with van der Waals surface area (Å²) >= 11 is 0. The van der Waals surface area contributed by atoms with E-state index in [2.05, 4.69) is 17.3 Å². The lowest BCUT2D eigenvalue weighted by atomic mass is 10.2. The van der Waals surface area contributed by atoms with E-state index in [1.54, 1.807) is 0 Å². The number of anilines is 1. The number of aryl methyl sites for hydroxylation is 2. The molecule has 0 unspecified atom stereocenters. The summed E-state index contributed by atoms with van der Waals surface area (Å²) in [6.07, 6.45) is 0. The molecule has 1 heterocycles. The fourth-order valence-electron chi connectivity index (χ4n) is 3.20. The van der Waals surface area contributed by atoms with Gasteiger partial charge in [-0.3, -0.25) is 9.69 Å². The number of amides is 1. The van der Waals surface area contributed by atoms with Gasteiger partial charge in [0.15, 0.2) is 0 Å². The van der Waals surface area contributed by atoms with Gasteiger partial charge in [-0.1, -0.05) is 36.4 Å². The first-order chi connectivity index (χ1) is 13.0. The lowest BCUT2D eigenvalue weighted by Gasteiger charge is -2.17. The molecule has 140 valence electrons. The number of likely N-dealkylation sites (N-methyl/N-ethyl adjacent to an activating group) is 1. The number of carbonyl (C=O) groups excluding carboxylic acids is 1. The van der Waals surface area contributed by atoms with E-state index >= 15 is 0 Å². The molecule has 27 heavy (non-hydrogen) atoms. The quantitative estimate of drug-likeness (QED) is 0.724. The third kappa shape index (κ3) is 4.44. The summed E-state index contributed by atoms with van der Waals surface area (Å²) in [5.74, 6) is -0.0162. The number of hydrogen-bond acceptors (Lipinski definition) is 3. The molecule has 0 fully saturated rings. The van der Waals surface area contributed by atoms with E-state index < -0.39 is 0 Å². The molecular weight excluding hydrogens is 336 g/mol. The van der Waals surface area contributed by atoms with Crippen molar-refractivity contribution in [3.05, 3.63) is 77.1 Å². The Kier molecular flexibility index (Phi) is 5.72. The van der Waals surface area contributed by atoms with E-state index in [9.17, 15) is 4.79 Å². The van der Waals surface area contributed by atoms with Gasteiger partial charge in [0.1, 0.15) is 0 Å². The van der Waals surface area contributed by atoms with Gasteiger partial charge in [0.25, 0.3) is 0 Å². The van der Waals surface area contributed by atoms with Crippen LogP contribution in [0.2, 0.25) is 0 Å². The first-order valence-corrected chi connectivity index (χ1v) is 9.10. The van der Waals surface area contributed by atoms with Crippen LogP contribution < -0.4 is 5.32 Å². The zero-order valence-electron chi connectivity index (χ0n) is 16.4. The number of nitrogens with zero attached hydrogens (tertiary/aromatic N) is 3. The average Bonchev–Trinajstić information content (AvgIpc) is 2.92. The van der Waals surface area contributed by atoms with Crippen molar-refractivity contribution in [2.45, 2.75) is 27.3 Å². The first kappa shape index (κ1) is 18.9. The highest BCUT2D eigenvalue weighted by atomic mass is 16.2. The van der Waals surface area contributed by atoms with Crippen LogP contribution in [0.5, 0.6) is 0 Å². The van der Waals surface area contributed by atoms with E-state index in [-0.39, 0.29) is 5.91 Å². The lowest BCUT2D eigenvalue weighted by molar-refractivity contribution is -0.117. The Bertz CT molecular complexity index is 931. The smallest absolute Gasteiger partial charge is 0.238 e. The van der Waals surface area contributed by atoms with Gasteiger partial charge in [-0.05, 0) is 51.6 Å². The number of benzene rings is 2. The van der Waals surface area contributed by atoms with Crippen LogP contribution in [0.3, 0.4) is 0 Å². The maximum atomic E-state index is 12.4. The van der Waals surface area contributed by atoms with E-state index in [4.69, 9.17) is 0 Å². The molecular formula is C22H26N4O. The van der Waals surface area contributed by atoms with Crippen LogP contribution in [0.15, 0.2) is 54.6 Å². The topological polar surface area (TPSA) is 50.2 Å². The Morgan fingerprint density at radius 1 is 1.04 bits per heavy atom. The monoisotopic (exact) mass is 362 g/mol. The summed E-state index contributed by atoms with van der Waals surface area (Å²) in [6, 6.07) is 17.9. The van der Waals surface area contributed by atoms with Crippen molar-refractivity contribution in [3.63, 3.8) is 0 Å². The van der Waals surface area contributed by atoms with Gasteiger partial charge in [-0.15, -0.1) is 0 Å². The Morgan fingerprint density at radius 3 is 2.41 bits per heavy atom. The molecule has 2 aromatic carbocycles. The molecule has 0 aliphatic carbocycles. The number of rotatable bonds is 6. The molecule has 0 spiro atoms. The first-order valence-electron chi connectivity index (χ1n) is 9.10. The molecule has 3 aromatic rings. The summed E-state index contributed by atoms with van der Waals surface area (Å²) in [4.78, 5) is 14.4. The summed E-state index contributed by atoms with van der Waals surface area (Å²) in [5.41, 5.74) is 6.21. The molecule has 0 bridgehead atoms. The van der Waals surface area contributed by atoms with Gasteiger partial charge in [-0.2, -0.15) is 5.10 Å². The molecule has 0 radical (unpaired) electrons. The molecule has 0 aliphatic heterocycles. The molecule has 0 saturated heterocycles. The third-order valence-corrected chi connectivity index (χ3v) is 4.70. The van der Waals surface area contributed by atoms with Crippen LogP contribution in [-0.4, -0.2) is 34.2 Å². The van der Waals surface area contributed by atoms with Gasteiger partial charge in [0.05, 0.1) is 17.9 Å². The molecule has 5 heteroatoms. The average molecular weight is 362 g/mol. The van der Waals surface area contributed by atoms with Gasteiger partial charge >= 0.3 is 0 Å². The zero-order valence-corrected chi connectivity index (χ0v) is 16.4. The molecule has 3 rings (SSSR count). The Morgan fingerprint density at radius 2 is 1.70 bits per heavy atom. The third-order valence-electron chi connectivity index (χ3n) is 4.70. The Hall–Kier alpha value is -2.92. The molecule has 1 N–H and O–H groups in total. The van der Waals surface area contributed by atoms with Crippen molar-refractivity contribution >= 4 is 11.6 Å². The molecule has 0 aliphatic rings. The largest absolute Gasteiger partial charge is 0.325 e. The van der Waals surface area contributed by atoms with Crippen molar-refractivity contribution < 1.29 is 4.79 Å². The zero-order chi connectivity index (χ0) is 19.4. The van der Waals surface area contributed by atoms with Crippen LogP contribution in [0.25, 0.3) is 5.69 Å². The Balaban J connectivity index is 1.68. The number of para-hydroxylation sites is 2. The van der Waals surface area contributed by atoms with Gasteiger partial charge in [-0.25, -0.2) is 4.68 Å². The van der Waals surface area contributed by atoms with Gasteiger partial charge < -0.3 is 5.32 Å². The second-order valence-corrected chi connectivity index (χ2v) is 6.93. The standard InChI is InChI=1S/C22H26N4O/c1-16-10-8-9-13-21(16)23-22(27)15-25(4)14-20-17(2)24-26(18(20)3)19-11-6-5-7-12-19/h5-13H,14-15H2,1-4H3,(H,23,27). The Labute approximate surface area is 160 Å². The fourth-order valence-corrected chi connectivity index (χ4v) is 3.20. The maximum absolute atomic E-state index is 12.4. The van der Waals surface area contributed by atoms with Crippen LogP contribution in [-0.2, 0) is 11.3 Å². The van der Waals surface area contributed by atoms with Crippen molar-refractivity contribution in [3.8, 4) is 5.69 Å². The summed E-state index contributed by atoms with van der Waals surface area (Å²) in [6.45, 7) is 7.08. The number of aromatic nitrogens is 2. The predicted octanol–water partition coefficient (Wildman–Crippen LogP) is 3.87. The van der Waals surface area contributed by atoms with Crippen molar-refractivity contribution in [1.29, 1.82) is 0 Å². The normalized spacial score (nSPS) is 11.0. The summed E-state index contributed by atoms with van der Waals surface area (Å²) in [7, 11) is 1.95. The van der Waals surface area contributed by atoms with E-state index in [1.807, 2.05) is 85.1 Å². The minimum Gasteiger partial charge on any atom is -0.325 e. The van der Waals surface area contributed by atoms with E-state index in [1.165, 1.54) is 0 Å². The highest BCUT2D eigenvalue weighted by molar-refractivity contribution is 5.92. The van der Waals surface area contributed by atoms with E-state index in [0.29, 0.717) is 13.1 Å². The highest BCUT2D eigenvalue weighted by Crippen LogP contribution is 2.19. The van der Waals surface area contributed by atoms with Crippen molar-refractivity contribution in [2.24, 2.45) is 0 Å². The molecule has 5 nitrogen and oxygen atoms in total. The SMILES string of the molecule is Cc1ccccc1NC(=O)CN(C)Cc1c(C)nn(-c2ccccc2)c1C. The van der Waals surface area contributed by atoms with Gasteiger partial charge in [0, 0.05) is 23.5 Å². The van der Waals surface area contributed by atoms with Crippen molar-refractivity contribution in [2.75, 3.05) is 18.9 Å². The number of nitrogens with one attached hydrogen (secondary N) is 1. The second-order valence-electron chi connectivity index (χ2n) is 6.93. The van der Waals surface area contributed by atoms with Crippen LogP contribution >= 0.6 is 0 Å². The highest BCUT2D eigenvalue weighted by Gasteiger charge is 2.16. The second kappa shape index (κ2) is 8.18. The van der Waals surface area contributed by atoms with Crippen LogP contribution in [0.1, 0.15) is 22.5 Å². The van der Waals surface area contributed by atoms with Crippen molar-refractivity contribution in [1.82, 2.24) is 14.7 Å². The summed E-state index contributed by atoms with van der Waals surface area (Å²) < 4.78 is 1.96. The predicted molar refractivity (Wildman–Crippen MR) is 109 cm³/mol. The number of carbonyl (C=O) groups is 1. The van der Waals surface area contributed by atoms with E-state index in [0.717, 1.165) is 33.9 Å². The minimum absolute atomic E-state index is 0.0162. The lowest BCUT2D eigenvalue weighted by Crippen LogP contribution is -2.30. The molecule has 0 atom stereocenters. The fraction of sp³-hybridized carbons (Fsp3) is 0.273. The molecule has 1 amide bonds. The number of hydrogen-bond donors (Lipinski definition) is 1. The van der Waals surface area contributed by atoms with Crippen LogP contribution in [0, 0.1) is 20.8 Å². The van der Waals surface area contributed by atoms with Gasteiger partial charge in [0.2, 0.25) is 5.91 Å². The van der Waals surface area contributed by atoms with Crippen LogP contribution in [0.4, 0.5) is 5.69 Å².